The van der Waals surface area contributed by atoms with Crippen LogP contribution in [0.4, 0.5) is 0 Å². The Kier molecular flexibility index (Phi) is 4.14. The number of benzene rings is 1. The molecule has 1 aromatic carbocycles. The number of allylic oxidation sites excluding steroid dienone is 5. The summed E-state index contributed by atoms with van der Waals surface area (Å²) in [4.78, 5) is 4.49. The molecule has 1 heterocycles. The van der Waals surface area contributed by atoms with Crippen LogP contribution in [0.25, 0.3) is 16.9 Å². The molecule has 0 saturated carbocycles. The molecule has 0 aliphatic heterocycles. The van der Waals surface area contributed by atoms with E-state index in [0.717, 1.165) is 22.6 Å². The van der Waals surface area contributed by atoms with E-state index >= 15 is 0 Å². The maximum absolute atomic E-state index is 5.75. The van der Waals surface area contributed by atoms with Crippen molar-refractivity contribution in [2.45, 2.75) is 13.8 Å². The minimum absolute atomic E-state index is 0.660. The lowest BCUT2D eigenvalue weighted by Crippen LogP contribution is -1.86. The van der Waals surface area contributed by atoms with Crippen molar-refractivity contribution in [1.82, 2.24) is 4.98 Å². The molecule has 2 rings (SSSR count). The van der Waals surface area contributed by atoms with Gasteiger partial charge in [0.15, 0.2) is 11.7 Å². The minimum atomic E-state index is 0.660. The van der Waals surface area contributed by atoms with Gasteiger partial charge >= 0.3 is 0 Å². The van der Waals surface area contributed by atoms with E-state index in [4.69, 9.17) is 4.42 Å². The Labute approximate surface area is 113 Å². The lowest BCUT2D eigenvalue weighted by molar-refractivity contribution is 0.534. The number of hydrogen-bond donors (Lipinski definition) is 0. The van der Waals surface area contributed by atoms with Crippen molar-refractivity contribution in [1.29, 1.82) is 0 Å². The summed E-state index contributed by atoms with van der Waals surface area (Å²) in [5.41, 5.74) is 2.87. The Bertz CT molecular complexity index is 618. The highest BCUT2D eigenvalue weighted by molar-refractivity contribution is 5.81. The van der Waals surface area contributed by atoms with E-state index in [1.807, 2.05) is 62.4 Å². The number of rotatable bonds is 4. The van der Waals surface area contributed by atoms with Gasteiger partial charge in [-0.25, -0.2) is 4.98 Å². The lowest BCUT2D eigenvalue weighted by Gasteiger charge is -2.01. The van der Waals surface area contributed by atoms with Gasteiger partial charge in [-0.05, 0) is 6.92 Å². The third-order valence-corrected chi connectivity index (χ3v) is 2.69. The molecule has 19 heavy (non-hydrogen) atoms. The Morgan fingerprint density at radius 3 is 2.63 bits per heavy atom. The predicted molar refractivity (Wildman–Crippen MR) is 79.7 cm³/mol. The van der Waals surface area contributed by atoms with Crippen molar-refractivity contribution < 1.29 is 4.42 Å². The monoisotopic (exact) mass is 251 g/mol. The molecular weight excluding hydrogens is 234 g/mol. The van der Waals surface area contributed by atoms with Crippen LogP contribution in [-0.2, 0) is 0 Å². The molecule has 0 atom stereocenters. The van der Waals surface area contributed by atoms with E-state index in [9.17, 15) is 0 Å². The first-order valence-corrected chi connectivity index (χ1v) is 6.25. The van der Waals surface area contributed by atoms with Gasteiger partial charge in [0.05, 0.1) is 0 Å². The van der Waals surface area contributed by atoms with Crippen LogP contribution in [0.5, 0.6) is 0 Å². The first kappa shape index (κ1) is 13.1. The highest BCUT2D eigenvalue weighted by Gasteiger charge is 2.14. The van der Waals surface area contributed by atoms with Gasteiger partial charge < -0.3 is 4.42 Å². The van der Waals surface area contributed by atoms with E-state index in [0.29, 0.717) is 5.89 Å². The van der Waals surface area contributed by atoms with Gasteiger partial charge in [-0.15, -0.1) is 0 Å². The molecular formula is C17H17NO. The SMILES string of the molecule is C=C/C=C(\C=C/C)c1nc(C)oc1-c1ccccc1. The summed E-state index contributed by atoms with van der Waals surface area (Å²) in [6.45, 7) is 7.59. The van der Waals surface area contributed by atoms with E-state index < -0.39 is 0 Å². The van der Waals surface area contributed by atoms with Gasteiger partial charge in [0, 0.05) is 18.1 Å². The molecule has 2 heteroatoms. The first-order valence-electron chi connectivity index (χ1n) is 6.25. The zero-order valence-corrected chi connectivity index (χ0v) is 11.3. The average Bonchev–Trinajstić information content (AvgIpc) is 2.81. The first-order chi connectivity index (χ1) is 9.26. The molecule has 0 aliphatic rings. The molecule has 0 aliphatic carbocycles. The molecule has 0 amide bonds. The smallest absolute Gasteiger partial charge is 0.192 e. The standard InChI is InChI=1S/C17H17NO/c1-4-9-14(10-5-2)16-17(19-13(3)18-16)15-11-7-6-8-12-15/h4-12H,1H2,2-3H3/b10-5-,14-9+. The molecule has 0 N–H and O–H groups in total. The molecule has 0 saturated heterocycles. The molecule has 0 radical (unpaired) electrons. The molecule has 2 nitrogen and oxygen atoms in total. The summed E-state index contributed by atoms with van der Waals surface area (Å²) in [5, 5.41) is 0. The van der Waals surface area contributed by atoms with Crippen LogP contribution < -0.4 is 0 Å². The maximum atomic E-state index is 5.75. The molecule has 96 valence electrons. The lowest BCUT2D eigenvalue weighted by atomic mass is 10.1. The van der Waals surface area contributed by atoms with Crippen LogP contribution in [0.2, 0.25) is 0 Å². The summed E-state index contributed by atoms with van der Waals surface area (Å²) in [6, 6.07) is 10.0. The average molecular weight is 251 g/mol. The van der Waals surface area contributed by atoms with Gasteiger partial charge in [-0.2, -0.15) is 0 Å². The zero-order chi connectivity index (χ0) is 13.7. The molecule has 0 fully saturated rings. The topological polar surface area (TPSA) is 26.0 Å². The van der Waals surface area contributed by atoms with Crippen molar-refractivity contribution >= 4 is 5.57 Å². The van der Waals surface area contributed by atoms with E-state index in [2.05, 4.69) is 11.6 Å². The summed E-state index contributed by atoms with van der Waals surface area (Å²) < 4.78 is 5.75. The minimum Gasteiger partial charge on any atom is -0.440 e. The van der Waals surface area contributed by atoms with Gasteiger partial charge in [0.1, 0.15) is 5.69 Å². The van der Waals surface area contributed by atoms with Crippen molar-refractivity contribution in [3.63, 3.8) is 0 Å². The summed E-state index contributed by atoms with van der Waals surface area (Å²) in [7, 11) is 0. The Balaban J connectivity index is 2.58. The summed E-state index contributed by atoms with van der Waals surface area (Å²) in [6.07, 6.45) is 7.68. The number of oxazole rings is 1. The number of aryl methyl sites for hydroxylation is 1. The van der Waals surface area contributed by atoms with Crippen LogP contribution in [0, 0.1) is 6.92 Å². The largest absolute Gasteiger partial charge is 0.440 e. The fourth-order valence-electron chi connectivity index (χ4n) is 1.93. The zero-order valence-electron chi connectivity index (χ0n) is 11.3. The number of hydrogen-bond acceptors (Lipinski definition) is 2. The fraction of sp³-hybridized carbons (Fsp3) is 0.118. The van der Waals surface area contributed by atoms with E-state index in [1.54, 1.807) is 6.08 Å². The Morgan fingerprint density at radius 2 is 2.00 bits per heavy atom. The van der Waals surface area contributed by atoms with Crippen LogP contribution in [0.3, 0.4) is 0 Å². The second-order valence-corrected chi connectivity index (χ2v) is 4.13. The van der Waals surface area contributed by atoms with Crippen molar-refractivity contribution in [2.24, 2.45) is 0 Å². The van der Waals surface area contributed by atoms with Gasteiger partial charge in [0.2, 0.25) is 0 Å². The number of aromatic nitrogens is 1. The second-order valence-electron chi connectivity index (χ2n) is 4.13. The molecule has 1 aromatic heterocycles. The van der Waals surface area contributed by atoms with Crippen molar-refractivity contribution in [3.8, 4) is 11.3 Å². The van der Waals surface area contributed by atoms with Crippen LogP contribution in [-0.4, -0.2) is 4.98 Å². The molecule has 0 unspecified atom stereocenters. The second kappa shape index (κ2) is 6.01. The number of nitrogens with zero attached hydrogens (tertiary/aromatic N) is 1. The normalized spacial score (nSPS) is 12.0. The highest BCUT2D eigenvalue weighted by Crippen LogP contribution is 2.30. The third-order valence-electron chi connectivity index (χ3n) is 2.69. The summed E-state index contributed by atoms with van der Waals surface area (Å²) in [5.74, 6) is 1.46. The van der Waals surface area contributed by atoms with Gasteiger partial charge in [-0.1, -0.05) is 61.2 Å². The Hall–Kier alpha value is -2.35. The van der Waals surface area contributed by atoms with Crippen molar-refractivity contribution in [3.05, 3.63) is 72.8 Å². The highest BCUT2D eigenvalue weighted by atomic mass is 16.4. The van der Waals surface area contributed by atoms with Crippen LogP contribution >= 0.6 is 0 Å². The fourth-order valence-corrected chi connectivity index (χ4v) is 1.93. The molecule has 0 spiro atoms. The van der Waals surface area contributed by atoms with Crippen LogP contribution in [0.1, 0.15) is 18.5 Å². The van der Waals surface area contributed by atoms with Crippen LogP contribution in [0.15, 0.2) is 65.6 Å². The summed E-state index contributed by atoms with van der Waals surface area (Å²) >= 11 is 0. The predicted octanol–water partition coefficient (Wildman–Crippen LogP) is 4.80. The van der Waals surface area contributed by atoms with Gasteiger partial charge in [-0.3, -0.25) is 0 Å². The maximum Gasteiger partial charge on any atom is 0.192 e. The van der Waals surface area contributed by atoms with Crippen molar-refractivity contribution in [2.75, 3.05) is 0 Å². The Morgan fingerprint density at radius 1 is 1.26 bits per heavy atom. The third kappa shape index (κ3) is 2.91. The van der Waals surface area contributed by atoms with E-state index in [1.165, 1.54) is 0 Å². The molecule has 0 bridgehead atoms. The quantitative estimate of drug-likeness (QED) is 0.730. The van der Waals surface area contributed by atoms with E-state index in [-0.39, 0.29) is 0 Å². The van der Waals surface area contributed by atoms with Gasteiger partial charge in [0.25, 0.3) is 0 Å². The molecule has 2 aromatic rings.